The summed E-state index contributed by atoms with van der Waals surface area (Å²) in [6.07, 6.45) is -3.58. The maximum Gasteiger partial charge on any atom is 0.441 e. The van der Waals surface area contributed by atoms with Crippen molar-refractivity contribution in [3.8, 4) is 5.75 Å². The molecule has 0 fully saturated rings. The van der Waals surface area contributed by atoms with Gasteiger partial charge < -0.3 is 20.1 Å². The first-order chi connectivity index (χ1) is 15.1. The van der Waals surface area contributed by atoms with E-state index in [2.05, 4.69) is 4.74 Å². The van der Waals surface area contributed by atoms with Crippen molar-refractivity contribution in [2.24, 2.45) is 0 Å². The summed E-state index contributed by atoms with van der Waals surface area (Å²) in [7, 11) is 0. The van der Waals surface area contributed by atoms with E-state index in [9.17, 15) is 27.2 Å². The number of hydrogen-bond donors (Lipinski definition) is 2. The molecule has 0 radical (unpaired) electrons. The fourth-order valence-electron chi connectivity index (χ4n) is 2.69. The Labute approximate surface area is 182 Å². The molecule has 0 bridgehead atoms. The molecule has 1 unspecified atom stereocenters. The summed E-state index contributed by atoms with van der Waals surface area (Å²) in [4.78, 5) is 25.0. The fraction of sp³-hybridized carbons (Fsp3) is 0.364. The second-order valence-electron chi connectivity index (χ2n) is 6.78. The van der Waals surface area contributed by atoms with Gasteiger partial charge in [0.15, 0.2) is 0 Å². The highest BCUT2D eigenvalue weighted by molar-refractivity contribution is 5.99. The molecule has 0 aliphatic carbocycles. The van der Waals surface area contributed by atoms with Gasteiger partial charge in [0, 0.05) is 11.3 Å². The minimum absolute atomic E-state index is 0.127. The molecule has 6 nitrogen and oxygen atoms in total. The minimum Gasteiger partial charge on any atom is -0.494 e. The van der Waals surface area contributed by atoms with Crippen LogP contribution in [0.25, 0.3) is 0 Å². The second-order valence-corrected chi connectivity index (χ2v) is 6.78. The molecular formula is C22H24F4N2O4. The van der Waals surface area contributed by atoms with E-state index in [0.29, 0.717) is 12.4 Å². The molecule has 0 aromatic heterocycles. The van der Waals surface area contributed by atoms with Crippen molar-refractivity contribution in [2.45, 2.75) is 38.5 Å². The predicted octanol–water partition coefficient (Wildman–Crippen LogP) is 4.67. The van der Waals surface area contributed by atoms with Crippen LogP contribution in [0.5, 0.6) is 5.75 Å². The number of esters is 1. The predicted molar refractivity (Wildman–Crippen MR) is 110 cm³/mol. The molecule has 0 heterocycles. The van der Waals surface area contributed by atoms with Crippen molar-refractivity contribution >= 4 is 17.6 Å². The Bertz CT molecular complexity index is 919. The van der Waals surface area contributed by atoms with E-state index >= 15 is 0 Å². The Morgan fingerprint density at radius 1 is 1.03 bits per heavy atom. The third-order valence-electron chi connectivity index (χ3n) is 4.35. The quantitative estimate of drug-likeness (QED) is 0.235. The number of rotatable bonds is 10. The molecule has 2 N–H and O–H groups in total. The maximum atomic E-state index is 14.2. The molecule has 2 rings (SSSR count). The largest absolute Gasteiger partial charge is 0.494 e. The summed E-state index contributed by atoms with van der Waals surface area (Å²) < 4.78 is 66.1. The summed E-state index contributed by atoms with van der Waals surface area (Å²) in [6, 6.07) is 9.47. The summed E-state index contributed by atoms with van der Waals surface area (Å²) in [5.74, 6) is -3.47. The highest BCUT2D eigenvalue weighted by atomic mass is 19.4. The lowest BCUT2D eigenvalue weighted by Gasteiger charge is -2.35. The number of amides is 1. The van der Waals surface area contributed by atoms with Crippen molar-refractivity contribution in [2.75, 3.05) is 18.5 Å². The van der Waals surface area contributed by atoms with Gasteiger partial charge in [-0.15, -0.1) is 0 Å². The van der Waals surface area contributed by atoms with E-state index in [1.807, 2.05) is 12.2 Å². The van der Waals surface area contributed by atoms with E-state index < -0.39 is 35.1 Å². The highest BCUT2D eigenvalue weighted by Crippen LogP contribution is 2.34. The first-order valence-corrected chi connectivity index (χ1v) is 9.96. The van der Waals surface area contributed by atoms with Gasteiger partial charge >= 0.3 is 17.8 Å². The number of anilines is 1. The van der Waals surface area contributed by atoms with Gasteiger partial charge in [0.2, 0.25) is 0 Å². The molecule has 10 heteroatoms. The van der Waals surface area contributed by atoms with Crippen molar-refractivity contribution in [3.63, 3.8) is 0 Å². The molecule has 0 saturated carbocycles. The average Bonchev–Trinajstić information content (AvgIpc) is 2.74. The smallest absolute Gasteiger partial charge is 0.441 e. The van der Waals surface area contributed by atoms with E-state index in [1.165, 1.54) is 31.2 Å². The molecule has 1 amide bonds. The van der Waals surface area contributed by atoms with Gasteiger partial charge in [-0.3, -0.25) is 4.79 Å². The summed E-state index contributed by atoms with van der Waals surface area (Å²) >= 11 is 0. The van der Waals surface area contributed by atoms with Gasteiger partial charge in [0.25, 0.3) is 5.91 Å². The van der Waals surface area contributed by atoms with Crippen LogP contribution in [0.4, 0.5) is 23.2 Å². The Morgan fingerprint density at radius 3 is 2.28 bits per heavy atom. The number of alkyl halides is 3. The lowest BCUT2D eigenvalue weighted by Crippen LogP contribution is -2.69. The van der Waals surface area contributed by atoms with Gasteiger partial charge in [-0.25, -0.2) is 9.18 Å². The second kappa shape index (κ2) is 10.8. The SMILES string of the molecule is CCCCOc1ccc(NC(NC(=O)c2cccc(F)c2)(C(=O)OCC)C(F)(F)F)cc1. The number of unbranched alkanes of at least 4 members (excludes halogenated alkanes) is 1. The highest BCUT2D eigenvalue weighted by Gasteiger charge is 2.63. The van der Waals surface area contributed by atoms with E-state index in [-0.39, 0.29) is 12.3 Å². The third kappa shape index (κ3) is 6.12. The van der Waals surface area contributed by atoms with Gasteiger partial charge in [-0.2, -0.15) is 13.2 Å². The summed E-state index contributed by atoms with van der Waals surface area (Å²) in [6.45, 7) is 3.40. The van der Waals surface area contributed by atoms with Crippen LogP contribution in [0.2, 0.25) is 0 Å². The molecule has 0 spiro atoms. The van der Waals surface area contributed by atoms with Crippen LogP contribution in [-0.4, -0.2) is 36.9 Å². The van der Waals surface area contributed by atoms with Crippen LogP contribution in [-0.2, 0) is 9.53 Å². The Hall–Kier alpha value is -3.30. The Morgan fingerprint density at radius 2 is 1.72 bits per heavy atom. The average molecular weight is 456 g/mol. The van der Waals surface area contributed by atoms with Crippen LogP contribution in [0.1, 0.15) is 37.0 Å². The zero-order chi connectivity index (χ0) is 23.8. The third-order valence-corrected chi connectivity index (χ3v) is 4.35. The van der Waals surface area contributed by atoms with Crippen molar-refractivity contribution < 1.29 is 36.6 Å². The first-order valence-electron chi connectivity index (χ1n) is 9.96. The van der Waals surface area contributed by atoms with Crippen molar-refractivity contribution in [1.82, 2.24) is 5.32 Å². The van der Waals surface area contributed by atoms with E-state index in [4.69, 9.17) is 4.74 Å². The molecule has 174 valence electrons. The van der Waals surface area contributed by atoms with Gasteiger partial charge in [-0.1, -0.05) is 19.4 Å². The topological polar surface area (TPSA) is 76.7 Å². The van der Waals surface area contributed by atoms with Crippen molar-refractivity contribution in [3.05, 3.63) is 59.9 Å². The molecule has 2 aromatic rings. The number of carbonyl (C=O) groups is 2. The normalized spacial score (nSPS) is 13.1. The van der Waals surface area contributed by atoms with Gasteiger partial charge in [-0.05, 0) is 55.8 Å². The number of halogens is 4. The van der Waals surface area contributed by atoms with Crippen LogP contribution < -0.4 is 15.4 Å². The molecule has 0 aliphatic rings. The Balaban J connectivity index is 2.38. The summed E-state index contributed by atoms with van der Waals surface area (Å²) in [5.41, 5.74) is -4.14. The molecule has 0 aliphatic heterocycles. The lowest BCUT2D eigenvalue weighted by atomic mass is 10.1. The molecule has 32 heavy (non-hydrogen) atoms. The number of benzene rings is 2. The van der Waals surface area contributed by atoms with E-state index in [0.717, 1.165) is 37.1 Å². The van der Waals surface area contributed by atoms with Crippen LogP contribution >= 0.6 is 0 Å². The maximum absolute atomic E-state index is 14.2. The van der Waals surface area contributed by atoms with Crippen LogP contribution in [0.3, 0.4) is 0 Å². The molecule has 2 aromatic carbocycles. The summed E-state index contributed by atoms with van der Waals surface area (Å²) in [5, 5.41) is 3.70. The number of ether oxygens (including phenoxy) is 2. The van der Waals surface area contributed by atoms with Crippen molar-refractivity contribution in [1.29, 1.82) is 0 Å². The van der Waals surface area contributed by atoms with E-state index in [1.54, 1.807) is 5.32 Å². The zero-order valence-electron chi connectivity index (χ0n) is 17.6. The monoisotopic (exact) mass is 456 g/mol. The number of carbonyl (C=O) groups excluding carboxylic acids is 2. The van der Waals surface area contributed by atoms with Crippen LogP contribution in [0, 0.1) is 5.82 Å². The number of hydrogen-bond acceptors (Lipinski definition) is 5. The Kier molecular flexibility index (Phi) is 8.45. The molecule has 1 atom stereocenters. The minimum atomic E-state index is -5.31. The van der Waals surface area contributed by atoms with Gasteiger partial charge in [0.1, 0.15) is 11.6 Å². The molecule has 0 saturated heterocycles. The zero-order valence-corrected chi connectivity index (χ0v) is 17.6. The first kappa shape index (κ1) is 25.0. The standard InChI is InChI=1S/C22H24F4N2O4/c1-3-5-13-32-18-11-9-17(10-12-18)27-21(22(24,25)26,20(30)31-4-2)28-19(29)15-7-6-8-16(23)14-15/h6-12,14,27H,3-5,13H2,1-2H3,(H,28,29). The molecular weight excluding hydrogens is 432 g/mol. The lowest BCUT2D eigenvalue weighted by molar-refractivity contribution is -0.204. The fourth-order valence-corrected chi connectivity index (χ4v) is 2.69. The van der Waals surface area contributed by atoms with Crippen LogP contribution in [0.15, 0.2) is 48.5 Å². The van der Waals surface area contributed by atoms with Gasteiger partial charge in [0.05, 0.1) is 13.2 Å². The number of nitrogens with one attached hydrogen (secondary N) is 2.